The first kappa shape index (κ1) is 15.6. The van der Waals surface area contributed by atoms with Gasteiger partial charge >= 0.3 is 0 Å². The van der Waals surface area contributed by atoms with Crippen molar-refractivity contribution in [3.05, 3.63) is 58.7 Å². The number of anilines is 1. The molecule has 126 valence electrons. The van der Waals surface area contributed by atoms with Crippen molar-refractivity contribution in [3.8, 4) is 22.8 Å². The molecule has 1 amide bonds. The number of halogens is 1. The van der Waals surface area contributed by atoms with E-state index < -0.39 is 11.7 Å². The van der Waals surface area contributed by atoms with Crippen LogP contribution in [0.3, 0.4) is 0 Å². The van der Waals surface area contributed by atoms with Gasteiger partial charge in [-0.15, -0.1) is 11.3 Å². The lowest BCUT2D eigenvalue weighted by atomic mass is 10.1. The Hall–Kier alpha value is -2.93. The molecule has 3 aromatic rings. The summed E-state index contributed by atoms with van der Waals surface area (Å²) < 4.78 is 24.5. The highest BCUT2D eigenvalue weighted by molar-refractivity contribution is 7.14. The lowest BCUT2D eigenvalue weighted by Gasteiger charge is -2.04. The van der Waals surface area contributed by atoms with Gasteiger partial charge in [0.1, 0.15) is 5.82 Å². The van der Waals surface area contributed by atoms with E-state index in [0.717, 1.165) is 11.1 Å². The molecule has 5 nitrogen and oxygen atoms in total. The van der Waals surface area contributed by atoms with Crippen molar-refractivity contribution in [2.24, 2.45) is 0 Å². The molecule has 7 heteroatoms. The summed E-state index contributed by atoms with van der Waals surface area (Å²) in [6.07, 6.45) is 0. The van der Waals surface area contributed by atoms with Crippen LogP contribution >= 0.6 is 11.3 Å². The van der Waals surface area contributed by atoms with Gasteiger partial charge in [-0.05, 0) is 37.3 Å². The molecule has 25 heavy (non-hydrogen) atoms. The van der Waals surface area contributed by atoms with Gasteiger partial charge in [0.15, 0.2) is 16.6 Å². The van der Waals surface area contributed by atoms with Crippen molar-refractivity contribution >= 4 is 22.4 Å². The van der Waals surface area contributed by atoms with Crippen LogP contribution in [0, 0.1) is 12.7 Å². The van der Waals surface area contributed by atoms with Crippen molar-refractivity contribution in [2.75, 3.05) is 12.1 Å². The number of carbonyl (C=O) groups is 1. The van der Waals surface area contributed by atoms with Crippen LogP contribution in [0.15, 0.2) is 41.8 Å². The molecule has 0 radical (unpaired) electrons. The maximum atomic E-state index is 13.8. The predicted octanol–water partition coefficient (Wildman–Crippen LogP) is 4.24. The number of rotatable bonds is 3. The number of ether oxygens (including phenoxy) is 2. The third-order valence-electron chi connectivity index (χ3n) is 3.76. The van der Waals surface area contributed by atoms with Crippen molar-refractivity contribution in [3.63, 3.8) is 0 Å². The Labute approximate surface area is 147 Å². The number of nitrogens with one attached hydrogen (secondary N) is 1. The van der Waals surface area contributed by atoms with Crippen LogP contribution in [0.4, 0.5) is 9.52 Å². The van der Waals surface area contributed by atoms with Gasteiger partial charge < -0.3 is 9.47 Å². The fourth-order valence-corrected chi connectivity index (χ4v) is 3.21. The second kappa shape index (κ2) is 6.18. The maximum Gasteiger partial charge on any atom is 0.260 e. The Morgan fingerprint density at radius 1 is 1.20 bits per heavy atom. The summed E-state index contributed by atoms with van der Waals surface area (Å²) in [5.41, 5.74) is 2.36. The number of hydrogen-bond acceptors (Lipinski definition) is 5. The number of fused-ring (bicyclic) bond motifs is 1. The second-order valence-corrected chi connectivity index (χ2v) is 6.40. The van der Waals surface area contributed by atoms with Crippen molar-refractivity contribution in [1.29, 1.82) is 0 Å². The largest absolute Gasteiger partial charge is 0.454 e. The van der Waals surface area contributed by atoms with Gasteiger partial charge in [0.25, 0.3) is 5.91 Å². The highest BCUT2D eigenvalue weighted by Crippen LogP contribution is 2.36. The first-order valence-corrected chi connectivity index (χ1v) is 8.41. The van der Waals surface area contributed by atoms with Crippen LogP contribution in [0.2, 0.25) is 0 Å². The summed E-state index contributed by atoms with van der Waals surface area (Å²) in [4.78, 5) is 16.7. The zero-order chi connectivity index (χ0) is 17.4. The van der Waals surface area contributed by atoms with E-state index >= 15 is 0 Å². The van der Waals surface area contributed by atoms with E-state index in [9.17, 15) is 9.18 Å². The van der Waals surface area contributed by atoms with Crippen LogP contribution in [0.25, 0.3) is 11.3 Å². The fourth-order valence-electron chi connectivity index (χ4n) is 2.50. The lowest BCUT2D eigenvalue weighted by molar-refractivity contribution is 0.102. The molecule has 1 aromatic heterocycles. The average molecular weight is 356 g/mol. The maximum absolute atomic E-state index is 13.8. The lowest BCUT2D eigenvalue weighted by Crippen LogP contribution is -2.13. The minimum absolute atomic E-state index is 0.000158. The second-order valence-electron chi connectivity index (χ2n) is 5.54. The third kappa shape index (κ3) is 3.06. The number of thiazole rings is 1. The van der Waals surface area contributed by atoms with E-state index in [-0.39, 0.29) is 12.4 Å². The van der Waals surface area contributed by atoms with Gasteiger partial charge in [-0.2, -0.15) is 0 Å². The summed E-state index contributed by atoms with van der Waals surface area (Å²) >= 11 is 1.27. The van der Waals surface area contributed by atoms with Crippen LogP contribution in [0.5, 0.6) is 11.5 Å². The molecule has 1 aliphatic rings. The zero-order valence-electron chi connectivity index (χ0n) is 13.2. The topological polar surface area (TPSA) is 60.5 Å². The molecule has 2 aromatic carbocycles. The summed E-state index contributed by atoms with van der Waals surface area (Å²) in [5.74, 6) is 0.281. The quantitative estimate of drug-likeness (QED) is 0.763. The van der Waals surface area contributed by atoms with Crippen LogP contribution in [-0.4, -0.2) is 17.7 Å². The van der Waals surface area contributed by atoms with Gasteiger partial charge in [-0.25, -0.2) is 9.37 Å². The average Bonchev–Trinajstić information content (AvgIpc) is 3.25. The minimum Gasteiger partial charge on any atom is -0.454 e. The molecule has 0 saturated carbocycles. The van der Waals surface area contributed by atoms with E-state index in [1.807, 2.05) is 23.6 Å². The minimum atomic E-state index is -0.560. The van der Waals surface area contributed by atoms with Crippen LogP contribution in [0.1, 0.15) is 15.9 Å². The van der Waals surface area contributed by atoms with E-state index in [4.69, 9.17) is 9.47 Å². The highest BCUT2D eigenvalue weighted by Gasteiger charge is 2.17. The molecule has 1 aliphatic heterocycles. The molecule has 0 fully saturated rings. The van der Waals surface area contributed by atoms with Gasteiger partial charge in [0, 0.05) is 10.9 Å². The predicted molar refractivity (Wildman–Crippen MR) is 92.8 cm³/mol. The number of carbonyl (C=O) groups excluding carboxylic acids is 1. The fraction of sp³-hybridized carbons (Fsp3) is 0.111. The molecule has 4 rings (SSSR count). The molecule has 1 N–H and O–H groups in total. The molecule has 0 saturated heterocycles. The van der Waals surface area contributed by atoms with Gasteiger partial charge in [-0.3, -0.25) is 10.1 Å². The molecule has 0 bridgehead atoms. The monoisotopic (exact) mass is 356 g/mol. The van der Waals surface area contributed by atoms with Gasteiger partial charge in [0.05, 0.1) is 11.3 Å². The Kier molecular flexibility index (Phi) is 3.85. The third-order valence-corrected chi connectivity index (χ3v) is 4.52. The molecule has 2 heterocycles. The van der Waals surface area contributed by atoms with Crippen LogP contribution in [-0.2, 0) is 0 Å². The summed E-state index contributed by atoms with van der Waals surface area (Å²) in [6, 6.07) is 9.93. The molecule has 0 aliphatic carbocycles. The number of amides is 1. The van der Waals surface area contributed by atoms with Gasteiger partial charge in [-0.1, -0.05) is 11.6 Å². The van der Waals surface area contributed by atoms with Crippen molar-refractivity contribution < 1.29 is 18.7 Å². The molecular weight excluding hydrogens is 343 g/mol. The van der Waals surface area contributed by atoms with E-state index in [1.165, 1.54) is 23.5 Å². The van der Waals surface area contributed by atoms with Crippen molar-refractivity contribution in [1.82, 2.24) is 4.98 Å². The smallest absolute Gasteiger partial charge is 0.260 e. The standard InChI is InChI=1S/C18H13FN2O3S/c1-10-2-4-13(19)12(6-10)17(22)21-18-20-14(8-25-18)11-3-5-15-16(7-11)24-9-23-15/h2-8H,9H2,1H3,(H,20,21,22). The number of hydrogen-bond donors (Lipinski definition) is 1. The number of nitrogens with zero attached hydrogens (tertiary/aromatic N) is 1. The SMILES string of the molecule is Cc1ccc(F)c(C(=O)Nc2nc(-c3ccc4c(c3)OCO4)cs2)c1. The highest BCUT2D eigenvalue weighted by atomic mass is 32.1. The van der Waals surface area contributed by atoms with Crippen LogP contribution < -0.4 is 14.8 Å². The summed E-state index contributed by atoms with van der Waals surface area (Å²) in [7, 11) is 0. The summed E-state index contributed by atoms with van der Waals surface area (Å²) in [6.45, 7) is 2.01. The first-order chi connectivity index (χ1) is 12.1. The number of benzene rings is 2. The zero-order valence-corrected chi connectivity index (χ0v) is 14.0. The molecule has 0 spiro atoms. The first-order valence-electron chi connectivity index (χ1n) is 7.53. The van der Waals surface area contributed by atoms with E-state index in [0.29, 0.717) is 22.3 Å². The Morgan fingerprint density at radius 2 is 2.04 bits per heavy atom. The Morgan fingerprint density at radius 3 is 2.92 bits per heavy atom. The molecule has 0 atom stereocenters. The normalized spacial score (nSPS) is 12.2. The molecule has 0 unspecified atom stereocenters. The molecular formula is C18H13FN2O3S. The summed E-state index contributed by atoms with van der Waals surface area (Å²) in [5, 5.41) is 4.86. The Bertz CT molecular complexity index is 971. The number of aromatic nitrogens is 1. The van der Waals surface area contributed by atoms with E-state index in [2.05, 4.69) is 10.3 Å². The van der Waals surface area contributed by atoms with Crippen molar-refractivity contribution in [2.45, 2.75) is 6.92 Å². The van der Waals surface area contributed by atoms with Gasteiger partial charge in [0.2, 0.25) is 6.79 Å². The van der Waals surface area contributed by atoms with E-state index in [1.54, 1.807) is 13.0 Å². The number of aryl methyl sites for hydroxylation is 1. The Balaban J connectivity index is 1.55.